The highest BCUT2D eigenvalue weighted by molar-refractivity contribution is 7.99. The predicted molar refractivity (Wildman–Crippen MR) is 94.6 cm³/mol. The number of amides is 1. The summed E-state index contributed by atoms with van der Waals surface area (Å²) in [6.07, 6.45) is 0. The zero-order valence-electron chi connectivity index (χ0n) is 13.7. The molecule has 0 aromatic heterocycles. The highest BCUT2D eigenvalue weighted by Crippen LogP contribution is 2.35. The summed E-state index contributed by atoms with van der Waals surface area (Å²) in [6, 6.07) is 6.06. The van der Waals surface area contributed by atoms with Gasteiger partial charge in [0.05, 0.1) is 18.9 Å². The van der Waals surface area contributed by atoms with Gasteiger partial charge in [-0.25, -0.2) is 0 Å². The van der Waals surface area contributed by atoms with Crippen LogP contribution in [0.5, 0.6) is 0 Å². The number of hydrogen-bond donors (Lipinski definition) is 1. The Morgan fingerprint density at radius 2 is 2.13 bits per heavy atom. The van der Waals surface area contributed by atoms with Gasteiger partial charge in [0.1, 0.15) is 0 Å². The van der Waals surface area contributed by atoms with Gasteiger partial charge in [0.15, 0.2) is 0 Å². The van der Waals surface area contributed by atoms with E-state index in [1.807, 2.05) is 23.9 Å². The molecule has 0 bridgehead atoms. The molecule has 23 heavy (non-hydrogen) atoms. The lowest BCUT2D eigenvalue weighted by Crippen LogP contribution is -2.41. The molecule has 0 radical (unpaired) electrons. The van der Waals surface area contributed by atoms with Gasteiger partial charge in [-0.2, -0.15) is 0 Å². The monoisotopic (exact) mass is 335 g/mol. The van der Waals surface area contributed by atoms with Crippen LogP contribution in [-0.4, -0.2) is 69.0 Å². The van der Waals surface area contributed by atoms with Gasteiger partial charge in [0, 0.05) is 55.5 Å². The molecule has 0 saturated carbocycles. The summed E-state index contributed by atoms with van der Waals surface area (Å²) in [5.74, 6) is 1.14. The van der Waals surface area contributed by atoms with E-state index in [9.17, 15) is 4.79 Å². The maximum Gasteiger partial charge on any atom is 0.251 e. The van der Waals surface area contributed by atoms with Crippen LogP contribution in [0.2, 0.25) is 0 Å². The van der Waals surface area contributed by atoms with Crippen molar-refractivity contribution in [1.82, 2.24) is 10.2 Å². The molecule has 2 aliphatic rings. The molecule has 1 amide bonds. The first-order valence-electron chi connectivity index (χ1n) is 8.38. The molecule has 2 heterocycles. The largest absolute Gasteiger partial charge is 0.379 e. The van der Waals surface area contributed by atoms with Gasteiger partial charge in [-0.1, -0.05) is 0 Å². The number of rotatable bonds is 5. The number of fused-ring (bicyclic) bond motifs is 1. The molecule has 0 atom stereocenters. The Labute approximate surface area is 142 Å². The van der Waals surface area contributed by atoms with E-state index in [0.717, 1.165) is 57.3 Å². The van der Waals surface area contributed by atoms with E-state index in [2.05, 4.69) is 28.1 Å². The number of nitrogens with one attached hydrogen (secondary N) is 1. The molecule has 1 N–H and O–H groups in total. The highest BCUT2D eigenvalue weighted by atomic mass is 32.2. The molecule has 126 valence electrons. The Hall–Kier alpha value is -1.24. The lowest BCUT2D eigenvalue weighted by molar-refractivity contribution is 0.0383. The number of carbonyl (C=O) groups is 1. The van der Waals surface area contributed by atoms with Crippen molar-refractivity contribution < 1.29 is 9.53 Å². The van der Waals surface area contributed by atoms with Crippen molar-refractivity contribution >= 4 is 23.4 Å². The zero-order valence-corrected chi connectivity index (χ0v) is 14.5. The minimum atomic E-state index is 0.0210. The normalized spacial score (nSPS) is 18.6. The van der Waals surface area contributed by atoms with Crippen molar-refractivity contribution in [3.8, 4) is 0 Å². The van der Waals surface area contributed by atoms with Gasteiger partial charge in [-0.05, 0) is 25.1 Å². The first kappa shape index (κ1) is 16.6. The minimum Gasteiger partial charge on any atom is -0.379 e. The SMILES string of the molecule is CCN1CCSc2ccc(C(=O)NCCN3CCOCC3)cc21. The number of nitrogens with zero attached hydrogens (tertiary/aromatic N) is 2. The maximum absolute atomic E-state index is 12.4. The van der Waals surface area contributed by atoms with Gasteiger partial charge in [0.25, 0.3) is 5.91 Å². The van der Waals surface area contributed by atoms with Gasteiger partial charge >= 0.3 is 0 Å². The second kappa shape index (κ2) is 8.04. The fourth-order valence-electron chi connectivity index (χ4n) is 3.00. The Balaban J connectivity index is 1.56. The van der Waals surface area contributed by atoms with E-state index >= 15 is 0 Å². The van der Waals surface area contributed by atoms with Crippen molar-refractivity contribution in [2.75, 3.05) is 63.1 Å². The summed E-state index contributed by atoms with van der Waals surface area (Å²) < 4.78 is 5.33. The average Bonchev–Trinajstić information content (AvgIpc) is 2.61. The predicted octanol–water partition coefficient (Wildman–Crippen LogP) is 1.68. The Morgan fingerprint density at radius 1 is 1.30 bits per heavy atom. The molecule has 5 nitrogen and oxygen atoms in total. The fraction of sp³-hybridized carbons (Fsp3) is 0.588. The number of benzene rings is 1. The van der Waals surface area contributed by atoms with Crippen molar-refractivity contribution in [2.45, 2.75) is 11.8 Å². The first-order chi connectivity index (χ1) is 11.3. The average molecular weight is 335 g/mol. The summed E-state index contributed by atoms with van der Waals surface area (Å²) in [4.78, 5) is 18.3. The number of morpholine rings is 1. The molecule has 1 fully saturated rings. The first-order valence-corrected chi connectivity index (χ1v) is 9.36. The van der Waals surface area contributed by atoms with E-state index < -0.39 is 0 Å². The zero-order chi connectivity index (χ0) is 16.1. The van der Waals surface area contributed by atoms with Crippen LogP contribution >= 0.6 is 11.8 Å². The molecule has 0 spiro atoms. The van der Waals surface area contributed by atoms with E-state index in [0.29, 0.717) is 6.54 Å². The number of carbonyl (C=O) groups excluding carboxylic acids is 1. The topological polar surface area (TPSA) is 44.8 Å². The Bertz CT molecular complexity index is 547. The third-order valence-electron chi connectivity index (χ3n) is 4.38. The van der Waals surface area contributed by atoms with Crippen molar-refractivity contribution in [3.63, 3.8) is 0 Å². The number of ether oxygens (including phenoxy) is 1. The quantitative estimate of drug-likeness (QED) is 0.887. The molecule has 0 unspecified atom stereocenters. The molecular formula is C17H25N3O2S. The fourth-order valence-corrected chi connectivity index (χ4v) is 4.03. The van der Waals surface area contributed by atoms with E-state index in [1.54, 1.807) is 0 Å². The molecule has 2 aliphatic heterocycles. The molecule has 1 aromatic carbocycles. The van der Waals surface area contributed by atoms with Crippen molar-refractivity contribution in [2.24, 2.45) is 0 Å². The molecule has 3 rings (SSSR count). The van der Waals surface area contributed by atoms with E-state index in [4.69, 9.17) is 4.74 Å². The number of anilines is 1. The van der Waals surface area contributed by atoms with Crippen molar-refractivity contribution in [1.29, 1.82) is 0 Å². The Kier molecular flexibility index (Phi) is 5.80. The van der Waals surface area contributed by atoms with Gasteiger partial charge in [-0.3, -0.25) is 9.69 Å². The lowest BCUT2D eigenvalue weighted by atomic mass is 10.1. The molecule has 1 saturated heterocycles. The van der Waals surface area contributed by atoms with Crippen LogP contribution in [0.3, 0.4) is 0 Å². The maximum atomic E-state index is 12.4. The molecule has 0 aliphatic carbocycles. The third-order valence-corrected chi connectivity index (χ3v) is 5.42. The second-order valence-electron chi connectivity index (χ2n) is 5.82. The number of hydrogen-bond acceptors (Lipinski definition) is 5. The van der Waals surface area contributed by atoms with Gasteiger partial charge in [-0.15, -0.1) is 11.8 Å². The summed E-state index contributed by atoms with van der Waals surface area (Å²) >= 11 is 1.87. The lowest BCUT2D eigenvalue weighted by Gasteiger charge is -2.30. The molecule has 1 aromatic rings. The standard InChI is InChI=1S/C17H25N3O2S/c1-2-20-9-12-23-16-4-3-14(13-15(16)20)17(21)18-5-6-19-7-10-22-11-8-19/h3-4,13H,2,5-12H2,1H3,(H,18,21). The van der Waals surface area contributed by atoms with Gasteiger partial charge < -0.3 is 15.0 Å². The summed E-state index contributed by atoms with van der Waals surface area (Å²) in [7, 11) is 0. The van der Waals surface area contributed by atoms with Crippen LogP contribution < -0.4 is 10.2 Å². The Morgan fingerprint density at radius 3 is 2.91 bits per heavy atom. The van der Waals surface area contributed by atoms with E-state index in [-0.39, 0.29) is 5.91 Å². The minimum absolute atomic E-state index is 0.0210. The van der Waals surface area contributed by atoms with Crippen LogP contribution in [-0.2, 0) is 4.74 Å². The van der Waals surface area contributed by atoms with Crippen LogP contribution in [0.4, 0.5) is 5.69 Å². The van der Waals surface area contributed by atoms with E-state index in [1.165, 1.54) is 10.6 Å². The van der Waals surface area contributed by atoms with Crippen LogP contribution in [0, 0.1) is 0 Å². The highest BCUT2D eigenvalue weighted by Gasteiger charge is 2.18. The van der Waals surface area contributed by atoms with Crippen LogP contribution in [0.15, 0.2) is 23.1 Å². The summed E-state index contributed by atoms with van der Waals surface area (Å²) in [5.41, 5.74) is 1.95. The van der Waals surface area contributed by atoms with Crippen LogP contribution in [0.25, 0.3) is 0 Å². The molecule has 6 heteroatoms. The van der Waals surface area contributed by atoms with Crippen LogP contribution in [0.1, 0.15) is 17.3 Å². The summed E-state index contributed by atoms with van der Waals surface area (Å²) in [5, 5.41) is 3.04. The second-order valence-corrected chi connectivity index (χ2v) is 6.96. The summed E-state index contributed by atoms with van der Waals surface area (Å²) in [6.45, 7) is 9.27. The van der Waals surface area contributed by atoms with Crippen molar-refractivity contribution in [3.05, 3.63) is 23.8 Å². The van der Waals surface area contributed by atoms with Gasteiger partial charge in [0.2, 0.25) is 0 Å². The third kappa shape index (κ3) is 4.19. The number of thioether (sulfide) groups is 1. The smallest absolute Gasteiger partial charge is 0.251 e. The molecular weight excluding hydrogens is 310 g/mol.